The first-order valence-electron chi connectivity index (χ1n) is 6.98. The summed E-state index contributed by atoms with van der Waals surface area (Å²) >= 11 is 0. The minimum atomic E-state index is -5.47. The number of carbonyl (C=O) groups excluding carboxylic acids is 1. The molecule has 1 amide bonds. The first-order chi connectivity index (χ1) is 12.0. The van der Waals surface area contributed by atoms with Gasteiger partial charge in [-0.25, -0.2) is 5.48 Å². The van der Waals surface area contributed by atoms with E-state index in [9.17, 15) is 31.1 Å². The predicted molar refractivity (Wildman–Crippen MR) is 77.1 cm³/mol. The minimum Gasteiger partial charge on any atom is -0.457 e. The zero-order valence-corrected chi connectivity index (χ0v) is 12.7. The van der Waals surface area contributed by atoms with Crippen LogP contribution in [0, 0.1) is 0 Å². The van der Waals surface area contributed by atoms with Crippen LogP contribution >= 0.6 is 0 Å². The number of amides is 1. The van der Waals surface area contributed by atoms with Crippen LogP contribution in [0.25, 0.3) is 0 Å². The summed E-state index contributed by atoms with van der Waals surface area (Å²) in [7, 11) is 0. The van der Waals surface area contributed by atoms with Crippen LogP contribution in [0.2, 0.25) is 0 Å². The number of hydroxylamine groups is 1. The van der Waals surface area contributed by atoms with Gasteiger partial charge in [0.25, 0.3) is 5.91 Å². The molecule has 0 saturated heterocycles. The molecule has 0 aliphatic carbocycles. The van der Waals surface area contributed by atoms with Crippen LogP contribution in [0.1, 0.15) is 21.8 Å². The molecule has 26 heavy (non-hydrogen) atoms. The maximum atomic E-state index is 12.7. The molecule has 2 rings (SSSR count). The molecule has 0 spiro atoms. The maximum absolute atomic E-state index is 12.7. The molecular weight excluding hydrogens is 368 g/mol. The zero-order valence-electron chi connectivity index (χ0n) is 12.7. The molecule has 0 radical (unpaired) electrons. The van der Waals surface area contributed by atoms with Crippen LogP contribution in [0.15, 0.2) is 48.5 Å². The summed E-state index contributed by atoms with van der Waals surface area (Å²) in [4.78, 5) is 11.2. The highest BCUT2D eigenvalue weighted by Crippen LogP contribution is 2.46. The van der Waals surface area contributed by atoms with Gasteiger partial charge in [-0.3, -0.25) is 10.0 Å². The number of carbonyl (C=O) groups is 1. The van der Waals surface area contributed by atoms with Gasteiger partial charge in [-0.1, -0.05) is 12.1 Å². The highest BCUT2D eigenvalue weighted by Gasteiger charge is 2.57. The Balaban J connectivity index is 2.18. The molecule has 0 aliphatic heterocycles. The second-order valence-electron chi connectivity index (χ2n) is 5.15. The molecular formula is C16H11F6NO3. The van der Waals surface area contributed by atoms with E-state index in [1.165, 1.54) is 29.7 Å². The van der Waals surface area contributed by atoms with Gasteiger partial charge in [0.05, 0.1) is 0 Å². The Kier molecular flexibility index (Phi) is 5.45. The van der Waals surface area contributed by atoms with E-state index in [-0.39, 0.29) is 17.1 Å². The van der Waals surface area contributed by atoms with E-state index >= 15 is 0 Å². The number of hydrogen-bond donors (Lipinski definition) is 2. The highest BCUT2D eigenvalue weighted by molar-refractivity contribution is 5.93. The van der Waals surface area contributed by atoms with Gasteiger partial charge in [0, 0.05) is 5.56 Å². The third kappa shape index (κ3) is 4.66. The average molecular weight is 379 g/mol. The molecule has 10 heteroatoms. The number of nitrogens with one attached hydrogen (secondary N) is 1. The lowest BCUT2D eigenvalue weighted by Gasteiger charge is -2.23. The highest BCUT2D eigenvalue weighted by atomic mass is 19.4. The van der Waals surface area contributed by atoms with Crippen LogP contribution in [-0.2, 0) is 0 Å². The second-order valence-corrected chi connectivity index (χ2v) is 5.15. The summed E-state index contributed by atoms with van der Waals surface area (Å²) in [6, 6.07) is 8.63. The summed E-state index contributed by atoms with van der Waals surface area (Å²) in [5.74, 6) is -4.14. The molecule has 0 unspecified atom stereocenters. The van der Waals surface area contributed by atoms with E-state index in [0.29, 0.717) is 12.1 Å². The Morgan fingerprint density at radius 1 is 0.846 bits per heavy atom. The normalized spacial score (nSPS) is 12.2. The average Bonchev–Trinajstić information content (AvgIpc) is 2.54. The third-order valence-electron chi connectivity index (χ3n) is 3.32. The largest absolute Gasteiger partial charge is 0.457 e. The monoisotopic (exact) mass is 379 g/mol. The van der Waals surface area contributed by atoms with Crippen LogP contribution in [0.4, 0.5) is 26.3 Å². The van der Waals surface area contributed by atoms with E-state index in [1.807, 2.05) is 0 Å². The number of rotatable bonds is 4. The van der Waals surface area contributed by atoms with E-state index in [4.69, 9.17) is 9.94 Å². The second kappa shape index (κ2) is 7.24. The summed E-state index contributed by atoms with van der Waals surface area (Å²) in [6.07, 6.45) is -10.9. The van der Waals surface area contributed by atoms with E-state index in [0.717, 1.165) is 12.1 Å². The lowest BCUT2D eigenvalue weighted by Crippen LogP contribution is -2.34. The topological polar surface area (TPSA) is 58.6 Å². The molecule has 2 aromatic carbocycles. The van der Waals surface area contributed by atoms with Crippen LogP contribution in [0.3, 0.4) is 0 Å². The van der Waals surface area contributed by atoms with Crippen molar-refractivity contribution >= 4 is 5.91 Å². The SMILES string of the molecule is O=C(NO)c1ccc(Oc2ccc(C(C(F)(F)F)C(F)(F)F)cc2)cc1. The number of halogens is 6. The molecule has 0 saturated carbocycles. The summed E-state index contributed by atoms with van der Waals surface area (Å²) in [6.45, 7) is 0. The fraction of sp³-hybridized carbons (Fsp3) is 0.188. The first-order valence-corrected chi connectivity index (χ1v) is 6.98. The molecule has 2 aromatic rings. The molecule has 140 valence electrons. The Morgan fingerprint density at radius 2 is 1.27 bits per heavy atom. The standard InChI is InChI=1S/C16H11F6NO3/c17-15(18,19)13(16(20,21)22)9-1-5-11(6-2-9)26-12-7-3-10(4-8-12)14(24)23-25/h1-8,13,25H,(H,23,24). The van der Waals surface area contributed by atoms with Crippen LogP contribution in [0.5, 0.6) is 11.5 Å². The van der Waals surface area contributed by atoms with Crippen LogP contribution < -0.4 is 10.2 Å². The van der Waals surface area contributed by atoms with Gasteiger partial charge in [0.2, 0.25) is 0 Å². The van der Waals surface area contributed by atoms with Crippen molar-refractivity contribution in [1.29, 1.82) is 0 Å². The molecule has 0 heterocycles. The zero-order chi connectivity index (χ0) is 19.5. The molecule has 4 nitrogen and oxygen atoms in total. The lowest BCUT2D eigenvalue weighted by atomic mass is 9.98. The predicted octanol–water partition coefficient (Wildman–Crippen LogP) is 4.81. The van der Waals surface area contributed by atoms with Gasteiger partial charge in [-0.15, -0.1) is 0 Å². The van der Waals surface area contributed by atoms with Gasteiger partial charge < -0.3 is 4.74 Å². The molecule has 0 atom stereocenters. The maximum Gasteiger partial charge on any atom is 0.404 e. The molecule has 2 N–H and O–H groups in total. The molecule has 0 aliphatic rings. The van der Waals surface area contributed by atoms with E-state index in [1.54, 1.807) is 0 Å². The van der Waals surface area contributed by atoms with Crippen molar-refractivity contribution in [3.05, 3.63) is 59.7 Å². The van der Waals surface area contributed by atoms with Gasteiger partial charge in [-0.05, 0) is 42.0 Å². The van der Waals surface area contributed by atoms with Crippen molar-refractivity contribution in [3.63, 3.8) is 0 Å². The van der Waals surface area contributed by atoms with Crippen molar-refractivity contribution in [3.8, 4) is 11.5 Å². The number of ether oxygens (including phenoxy) is 1. The minimum absolute atomic E-state index is 0.0104. The Hall–Kier alpha value is -2.75. The van der Waals surface area contributed by atoms with E-state index < -0.39 is 29.7 Å². The number of benzene rings is 2. The third-order valence-corrected chi connectivity index (χ3v) is 3.32. The van der Waals surface area contributed by atoms with Crippen molar-refractivity contribution in [2.45, 2.75) is 18.3 Å². The lowest BCUT2D eigenvalue weighted by molar-refractivity contribution is -0.253. The van der Waals surface area contributed by atoms with Crippen molar-refractivity contribution in [2.75, 3.05) is 0 Å². The summed E-state index contributed by atoms with van der Waals surface area (Å²) < 4.78 is 81.4. The fourth-order valence-corrected chi connectivity index (χ4v) is 2.17. The molecule has 0 aromatic heterocycles. The van der Waals surface area contributed by atoms with Crippen molar-refractivity contribution < 1.29 is 41.1 Å². The van der Waals surface area contributed by atoms with Crippen LogP contribution in [-0.4, -0.2) is 23.5 Å². The van der Waals surface area contributed by atoms with Gasteiger partial charge in [0.15, 0.2) is 5.92 Å². The summed E-state index contributed by atoms with van der Waals surface area (Å²) in [5, 5.41) is 8.49. The molecule has 0 bridgehead atoms. The number of hydrogen-bond acceptors (Lipinski definition) is 3. The fourth-order valence-electron chi connectivity index (χ4n) is 2.17. The molecule has 0 fully saturated rings. The smallest absolute Gasteiger partial charge is 0.404 e. The van der Waals surface area contributed by atoms with Crippen molar-refractivity contribution in [1.82, 2.24) is 5.48 Å². The van der Waals surface area contributed by atoms with E-state index in [2.05, 4.69) is 0 Å². The first kappa shape index (κ1) is 19.6. The van der Waals surface area contributed by atoms with Crippen molar-refractivity contribution in [2.24, 2.45) is 0 Å². The van der Waals surface area contributed by atoms with Gasteiger partial charge >= 0.3 is 12.4 Å². The quantitative estimate of drug-likeness (QED) is 0.456. The van der Waals surface area contributed by atoms with Gasteiger partial charge in [0.1, 0.15) is 11.5 Å². The summed E-state index contributed by atoms with van der Waals surface area (Å²) in [5.41, 5.74) is 0.595. The Morgan fingerprint density at radius 3 is 1.65 bits per heavy atom. The van der Waals surface area contributed by atoms with Gasteiger partial charge in [-0.2, -0.15) is 26.3 Å². The Bertz CT molecular complexity index is 740. The Labute approximate surface area is 143 Å². The number of alkyl halides is 6.